The fourth-order valence-electron chi connectivity index (χ4n) is 2.77. The molecule has 2 rings (SSSR count). The van der Waals surface area contributed by atoms with Crippen LogP contribution in [0.4, 0.5) is 5.69 Å². The predicted octanol–water partition coefficient (Wildman–Crippen LogP) is 3.05. The number of rotatable bonds is 5. The van der Waals surface area contributed by atoms with Crippen molar-refractivity contribution >= 4 is 17.5 Å². The van der Waals surface area contributed by atoms with E-state index in [1.165, 1.54) is 0 Å². The van der Waals surface area contributed by atoms with Gasteiger partial charge in [0.05, 0.1) is 6.10 Å². The number of nitrogens with one attached hydrogen (secondary N) is 2. The number of methoxy groups -OCH3 is 1. The van der Waals surface area contributed by atoms with Gasteiger partial charge in [0.2, 0.25) is 0 Å². The molecule has 5 nitrogen and oxygen atoms in total. The second-order valence-electron chi connectivity index (χ2n) is 6.12. The minimum Gasteiger partial charge on any atom is -0.375 e. The summed E-state index contributed by atoms with van der Waals surface area (Å²) in [7, 11) is 1.58. The first-order valence-corrected chi connectivity index (χ1v) is 8.16. The normalized spacial score (nSPS) is 11.7. The van der Waals surface area contributed by atoms with Gasteiger partial charge in [-0.3, -0.25) is 9.59 Å². The minimum absolute atomic E-state index is 0.223. The van der Waals surface area contributed by atoms with Crippen LogP contribution in [-0.2, 0) is 14.3 Å². The van der Waals surface area contributed by atoms with Crippen LogP contribution in [0.2, 0.25) is 0 Å². The molecule has 0 saturated heterocycles. The average molecular weight is 340 g/mol. The molecule has 1 atom stereocenters. The lowest BCUT2D eigenvalue weighted by Gasteiger charge is -2.18. The third-order valence-electron chi connectivity index (χ3n) is 3.95. The van der Waals surface area contributed by atoms with Crippen LogP contribution in [0.15, 0.2) is 42.5 Å². The number of ether oxygens (including phenoxy) is 1. The van der Waals surface area contributed by atoms with Crippen molar-refractivity contribution in [2.24, 2.45) is 0 Å². The minimum atomic E-state index is -0.690. The molecule has 25 heavy (non-hydrogen) atoms. The standard InChI is InChI=1S/C20H24N2O3/c1-13-9-14(2)11-16(10-13)22-20(24)19(23)21-12-18(25-4)17-8-6-5-7-15(17)3/h5-11,18H,12H2,1-4H3,(H,21,23)(H,22,24)/t18-/m1/s1. The molecular weight excluding hydrogens is 316 g/mol. The Balaban J connectivity index is 1.96. The van der Waals surface area contributed by atoms with Crippen molar-refractivity contribution < 1.29 is 14.3 Å². The van der Waals surface area contributed by atoms with Crippen molar-refractivity contribution in [3.8, 4) is 0 Å². The summed E-state index contributed by atoms with van der Waals surface area (Å²) in [4.78, 5) is 24.2. The average Bonchev–Trinajstić information content (AvgIpc) is 2.55. The summed E-state index contributed by atoms with van der Waals surface area (Å²) in [6, 6.07) is 13.4. The molecule has 0 aromatic heterocycles. The van der Waals surface area contributed by atoms with E-state index in [1.54, 1.807) is 7.11 Å². The van der Waals surface area contributed by atoms with E-state index in [1.807, 2.05) is 63.2 Å². The van der Waals surface area contributed by atoms with E-state index in [9.17, 15) is 9.59 Å². The van der Waals surface area contributed by atoms with Crippen molar-refractivity contribution in [2.75, 3.05) is 19.0 Å². The summed E-state index contributed by atoms with van der Waals surface area (Å²) in [6.07, 6.45) is -0.306. The predicted molar refractivity (Wildman–Crippen MR) is 98.5 cm³/mol. The zero-order chi connectivity index (χ0) is 18.4. The zero-order valence-corrected chi connectivity index (χ0v) is 15.1. The van der Waals surface area contributed by atoms with Gasteiger partial charge in [0.15, 0.2) is 0 Å². The molecule has 0 aliphatic heterocycles. The molecule has 2 amide bonds. The van der Waals surface area contributed by atoms with Gasteiger partial charge < -0.3 is 15.4 Å². The van der Waals surface area contributed by atoms with Gasteiger partial charge in [-0.1, -0.05) is 30.3 Å². The van der Waals surface area contributed by atoms with Gasteiger partial charge >= 0.3 is 11.8 Å². The summed E-state index contributed by atoms with van der Waals surface area (Å²) in [6.45, 7) is 6.08. The molecule has 132 valence electrons. The summed E-state index contributed by atoms with van der Waals surface area (Å²) < 4.78 is 5.45. The van der Waals surface area contributed by atoms with Crippen LogP contribution in [0, 0.1) is 20.8 Å². The molecule has 0 aliphatic carbocycles. The Kier molecular flexibility index (Phi) is 6.31. The fourth-order valence-corrected chi connectivity index (χ4v) is 2.77. The first-order chi connectivity index (χ1) is 11.9. The lowest BCUT2D eigenvalue weighted by molar-refractivity contribution is -0.136. The largest absolute Gasteiger partial charge is 0.375 e. The molecule has 5 heteroatoms. The third-order valence-corrected chi connectivity index (χ3v) is 3.95. The van der Waals surface area contributed by atoms with Crippen LogP contribution < -0.4 is 10.6 Å². The van der Waals surface area contributed by atoms with Crippen LogP contribution in [0.3, 0.4) is 0 Å². The molecule has 0 aliphatic rings. The zero-order valence-electron chi connectivity index (χ0n) is 15.1. The van der Waals surface area contributed by atoms with Crippen molar-refractivity contribution in [2.45, 2.75) is 26.9 Å². The van der Waals surface area contributed by atoms with Crippen molar-refractivity contribution in [1.82, 2.24) is 5.32 Å². The van der Waals surface area contributed by atoms with Gasteiger partial charge in [-0.2, -0.15) is 0 Å². The molecule has 0 fully saturated rings. The lowest BCUT2D eigenvalue weighted by Crippen LogP contribution is -2.38. The number of anilines is 1. The molecule has 0 bridgehead atoms. The van der Waals surface area contributed by atoms with Crippen LogP contribution >= 0.6 is 0 Å². The quantitative estimate of drug-likeness (QED) is 0.822. The third kappa shape index (κ3) is 5.16. The van der Waals surface area contributed by atoms with Gasteiger partial charge in [0.25, 0.3) is 0 Å². The number of hydrogen-bond donors (Lipinski definition) is 2. The highest BCUT2D eigenvalue weighted by Gasteiger charge is 2.18. The molecule has 0 spiro atoms. The molecule has 0 radical (unpaired) electrons. The Morgan fingerprint density at radius 2 is 1.64 bits per heavy atom. The van der Waals surface area contributed by atoms with E-state index in [0.717, 1.165) is 22.3 Å². The number of amides is 2. The molecule has 2 aromatic rings. The van der Waals surface area contributed by atoms with Gasteiger partial charge in [-0.05, 0) is 55.2 Å². The van der Waals surface area contributed by atoms with Gasteiger partial charge in [-0.25, -0.2) is 0 Å². The maximum atomic E-state index is 12.1. The molecule has 2 N–H and O–H groups in total. The van der Waals surface area contributed by atoms with Crippen LogP contribution in [-0.4, -0.2) is 25.5 Å². The van der Waals surface area contributed by atoms with Crippen LogP contribution in [0.1, 0.15) is 28.4 Å². The number of carbonyl (C=O) groups excluding carboxylic acids is 2. The highest BCUT2D eigenvalue weighted by atomic mass is 16.5. The summed E-state index contributed by atoms with van der Waals surface area (Å²) >= 11 is 0. The Hall–Kier alpha value is -2.66. The SMILES string of the molecule is CO[C@H](CNC(=O)C(=O)Nc1cc(C)cc(C)c1)c1ccccc1C. The van der Waals surface area contributed by atoms with E-state index in [4.69, 9.17) is 4.74 Å². The van der Waals surface area contributed by atoms with Crippen LogP contribution in [0.25, 0.3) is 0 Å². The van der Waals surface area contributed by atoms with E-state index in [0.29, 0.717) is 5.69 Å². The first-order valence-electron chi connectivity index (χ1n) is 8.16. The fraction of sp³-hybridized carbons (Fsp3) is 0.300. The smallest absolute Gasteiger partial charge is 0.313 e. The summed E-state index contributed by atoms with van der Waals surface area (Å²) in [5, 5.41) is 5.26. The van der Waals surface area contributed by atoms with Crippen molar-refractivity contribution in [1.29, 1.82) is 0 Å². The Labute approximate surface area is 148 Å². The second kappa shape index (κ2) is 8.44. The van der Waals surface area contributed by atoms with Gasteiger partial charge in [0, 0.05) is 19.3 Å². The molecule has 0 saturated carbocycles. The van der Waals surface area contributed by atoms with Crippen molar-refractivity contribution in [3.63, 3.8) is 0 Å². The Morgan fingerprint density at radius 3 is 2.24 bits per heavy atom. The number of aryl methyl sites for hydroxylation is 3. The summed E-state index contributed by atoms with van der Waals surface area (Å²) in [5.74, 6) is -1.38. The molecular formula is C20H24N2O3. The first kappa shape index (κ1) is 18.7. The maximum Gasteiger partial charge on any atom is 0.313 e. The van der Waals surface area contributed by atoms with E-state index in [2.05, 4.69) is 10.6 Å². The monoisotopic (exact) mass is 340 g/mol. The van der Waals surface area contributed by atoms with Gasteiger partial charge in [0.1, 0.15) is 0 Å². The van der Waals surface area contributed by atoms with Crippen molar-refractivity contribution in [3.05, 3.63) is 64.7 Å². The molecule has 0 heterocycles. The van der Waals surface area contributed by atoms with E-state index < -0.39 is 11.8 Å². The highest BCUT2D eigenvalue weighted by molar-refractivity contribution is 6.39. The second-order valence-corrected chi connectivity index (χ2v) is 6.12. The topological polar surface area (TPSA) is 67.4 Å². The maximum absolute atomic E-state index is 12.1. The number of hydrogen-bond acceptors (Lipinski definition) is 3. The van der Waals surface area contributed by atoms with E-state index >= 15 is 0 Å². The number of carbonyl (C=O) groups is 2. The molecule has 0 unspecified atom stereocenters. The van der Waals surface area contributed by atoms with Crippen LogP contribution in [0.5, 0.6) is 0 Å². The highest BCUT2D eigenvalue weighted by Crippen LogP contribution is 2.19. The molecule has 2 aromatic carbocycles. The number of benzene rings is 2. The Bertz CT molecular complexity index is 751. The lowest BCUT2D eigenvalue weighted by atomic mass is 10.0. The van der Waals surface area contributed by atoms with E-state index in [-0.39, 0.29) is 12.6 Å². The Morgan fingerprint density at radius 1 is 1.00 bits per heavy atom. The summed E-state index contributed by atoms with van der Waals surface area (Å²) in [5.41, 5.74) is 4.72. The van der Waals surface area contributed by atoms with Gasteiger partial charge in [-0.15, -0.1) is 0 Å².